The van der Waals surface area contributed by atoms with Crippen molar-refractivity contribution in [2.24, 2.45) is 5.73 Å². The zero-order valence-electron chi connectivity index (χ0n) is 20.8. The van der Waals surface area contributed by atoms with Gasteiger partial charge in [0.05, 0.1) is 11.1 Å². The van der Waals surface area contributed by atoms with Crippen LogP contribution in [0.15, 0.2) is 132 Å². The fourth-order valence-corrected chi connectivity index (χ4v) is 6.08. The van der Waals surface area contributed by atoms with Crippen LogP contribution in [0.5, 0.6) is 0 Å². The SMILES string of the molecule is NC(=O)c1ccc2c(c(-c3cccc(F)c3)nn2C(c2ccccc2)(c2ccccc2)c2ccccc2)c1Br. The molecule has 6 heteroatoms. The van der Waals surface area contributed by atoms with Gasteiger partial charge in [0.2, 0.25) is 5.91 Å². The van der Waals surface area contributed by atoms with Crippen LogP contribution in [0.2, 0.25) is 0 Å². The van der Waals surface area contributed by atoms with Gasteiger partial charge in [-0.25, -0.2) is 9.07 Å². The number of carbonyl (C=O) groups excluding carboxylic acids is 1. The fourth-order valence-electron chi connectivity index (χ4n) is 5.36. The van der Waals surface area contributed by atoms with Crippen molar-refractivity contribution in [3.8, 4) is 11.3 Å². The van der Waals surface area contributed by atoms with Crippen molar-refractivity contribution < 1.29 is 9.18 Å². The van der Waals surface area contributed by atoms with Crippen LogP contribution in [0.4, 0.5) is 4.39 Å². The first-order valence-electron chi connectivity index (χ1n) is 12.5. The summed E-state index contributed by atoms with van der Waals surface area (Å²) in [6.07, 6.45) is 0. The molecule has 0 aliphatic carbocycles. The predicted molar refractivity (Wildman–Crippen MR) is 156 cm³/mol. The maximum Gasteiger partial charge on any atom is 0.249 e. The van der Waals surface area contributed by atoms with Crippen LogP contribution in [0.3, 0.4) is 0 Å². The van der Waals surface area contributed by atoms with E-state index in [2.05, 4.69) is 52.3 Å². The zero-order chi connectivity index (χ0) is 27.0. The molecule has 0 spiro atoms. The summed E-state index contributed by atoms with van der Waals surface area (Å²) in [6.45, 7) is 0. The number of carbonyl (C=O) groups is 1. The highest BCUT2D eigenvalue weighted by atomic mass is 79.9. The smallest absolute Gasteiger partial charge is 0.249 e. The Morgan fingerprint density at radius 2 is 1.28 bits per heavy atom. The second kappa shape index (κ2) is 9.97. The van der Waals surface area contributed by atoms with E-state index in [1.165, 1.54) is 12.1 Å². The molecule has 0 unspecified atom stereocenters. The van der Waals surface area contributed by atoms with Gasteiger partial charge in [0.25, 0.3) is 0 Å². The highest BCUT2D eigenvalue weighted by Gasteiger charge is 2.41. The van der Waals surface area contributed by atoms with Crippen LogP contribution in [-0.4, -0.2) is 15.7 Å². The van der Waals surface area contributed by atoms with Gasteiger partial charge in [-0.2, -0.15) is 5.10 Å². The van der Waals surface area contributed by atoms with Gasteiger partial charge in [0, 0.05) is 15.4 Å². The average Bonchev–Trinajstić information content (AvgIpc) is 3.36. The molecule has 0 aliphatic heterocycles. The molecule has 190 valence electrons. The Morgan fingerprint density at radius 1 is 0.744 bits per heavy atom. The second-order valence-corrected chi connectivity index (χ2v) is 10.1. The minimum absolute atomic E-state index is 0.324. The summed E-state index contributed by atoms with van der Waals surface area (Å²) in [5, 5.41) is 5.90. The van der Waals surface area contributed by atoms with Crippen LogP contribution in [-0.2, 0) is 5.54 Å². The number of nitrogens with zero attached hydrogens (tertiary/aromatic N) is 2. The second-order valence-electron chi connectivity index (χ2n) is 9.26. The van der Waals surface area contributed by atoms with Gasteiger partial charge < -0.3 is 5.73 Å². The molecule has 4 nitrogen and oxygen atoms in total. The molecule has 0 fully saturated rings. The van der Waals surface area contributed by atoms with Crippen molar-refractivity contribution in [3.05, 3.63) is 160 Å². The summed E-state index contributed by atoms with van der Waals surface area (Å²) in [6, 6.07) is 40.4. The Hall–Kier alpha value is -4.55. The van der Waals surface area contributed by atoms with Gasteiger partial charge in [-0.1, -0.05) is 103 Å². The van der Waals surface area contributed by atoms with Crippen LogP contribution in [0.1, 0.15) is 27.0 Å². The van der Waals surface area contributed by atoms with E-state index in [9.17, 15) is 9.18 Å². The third-order valence-corrected chi connectivity index (χ3v) is 7.86. The lowest BCUT2D eigenvalue weighted by atomic mass is 9.77. The predicted octanol–water partition coefficient (Wildman–Crippen LogP) is 7.54. The molecule has 0 atom stereocenters. The molecule has 6 aromatic rings. The van der Waals surface area contributed by atoms with E-state index in [1.54, 1.807) is 12.1 Å². The highest BCUT2D eigenvalue weighted by Crippen LogP contribution is 2.45. The van der Waals surface area contributed by atoms with E-state index in [-0.39, 0.29) is 5.82 Å². The molecule has 6 rings (SSSR count). The van der Waals surface area contributed by atoms with Crippen molar-refractivity contribution in [1.29, 1.82) is 0 Å². The molecule has 0 saturated heterocycles. The lowest BCUT2D eigenvalue weighted by Crippen LogP contribution is -2.38. The van der Waals surface area contributed by atoms with E-state index in [0.717, 1.165) is 22.2 Å². The van der Waals surface area contributed by atoms with Gasteiger partial charge in [0.1, 0.15) is 17.1 Å². The summed E-state index contributed by atoms with van der Waals surface area (Å²) in [4.78, 5) is 12.3. The monoisotopic (exact) mass is 575 g/mol. The number of rotatable bonds is 6. The zero-order valence-corrected chi connectivity index (χ0v) is 22.3. The number of nitrogens with two attached hydrogens (primary N) is 1. The minimum atomic E-state index is -0.902. The lowest BCUT2D eigenvalue weighted by molar-refractivity contribution is 0.0999. The largest absolute Gasteiger partial charge is 0.366 e. The van der Waals surface area contributed by atoms with Crippen molar-refractivity contribution in [2.45, 2.75) is 5.54 Å². The molecule has 1 heterocycles. The standard InChI is InChI=1S/C33H23BrFN3O/c34-30-27(32(36)39)19-20-28-29(30)31(22-11-10-18-26(35)21-22)37-38(28)33(23-12-4-1-5-13-23,24-14-6-2-7-15-24)25-16-8-3-9-17-25/h1-21H,(H2,36,39). The molecular weight excluding hydrogens is 553 g/mol. The summed E-state index contributed by atoms with van der Waals surface area (Å²) in [5.74, 6) is -0.944. The van der Waals surface area contributed by atoms with Gasteiger partial charge >= 0.3 is 0 Å². The number of fused-ring (bicyclic) bond motifs is 1. The summed E-state index contributed by atoms with van der Waals surface area (Å²) in [7, 11) is 0. The van der Waals surface area contributed by atoms with E-state index in [0.29, 0.717) is 26.7 Å². The van der Waals surface area contributed by atoms with Crippen LogP contribution in [0, 0.1) is 5.82 Å². The van der Waals surface area contributed by atoms with E-state index >= 15 is 0 Å². The van der Waals surface area contributed by atoms with Crippen molar-refractivity contribution >= 4 is 32.7 Å². The fraction of sp³-hybridized carbons (Fsp3) is 0.0303. The first-order valence-corrected chi connectivity index (χ1v) is 13.2. The van der Waals surface area contributed by atoms with Gasteiger partial charge in [-0.05, 0) is 56.9 Å². The van der Waals surface area contributed by atoms with E-state index in [4.69, 9.17) is 10.8 Å². The first-order chi connectivity index (χ1) is 19.0. The first kappa shape index (κ1) is 24.8. The number of primary amides is 1. The summed E-state index contributed by atoms with van der Waals surface area (Å²) < 4.78 is 17.0. The third kappa shape index (κ3) is 4.04. The van der Waals surface area contributed by atoms with Gasteiger partial charge in [-0.15, -0.1) is 0 Å². The molecule has 1 aromatic heterocycles. The van der Waals surface area contributed by atoms with Crippen LogP contribution >= 0.6 is 15.9 Å². The number of benzene rings is 5. The Morgan fingerprint density at radius 3 is 1.77 bits per heavy atom. The number of halogens is 2. The van der Waals surface area contributed by atoms with Crippen molar-refractivity contribution in [2.75, 3.05) is 0 Å². The molecule has 1 amide bonds. The van der Waals surface area contributed by atoms with Gasteiger partial charge in [0.15, 0.2) is 0 Å². The molecule has 2 N–H and O–H groups in total. The summed E-state index contributed by atoms with van der Waals surface area (Å²) >= 11 is 3.65. The number of hydrogen-bond acceptors (Lipinski definition) is 2. The Bertz CT molecular complexity index is 1710. The Labute approximate surface area is 233 Å². The van der Waals surface area contributed by atoms with Crippen LogP contribution < -0.4 is 5.73 Å². The topological polar surface area (TPSA) is 60.9 Å². The van der Waals surface area contributed by atoms with E-state index < -0.39 is 11.4 Å². The third-order valence-electron chi connectivity index (χ3n) is 7.04. The number of amides is 1. The Balaban J connectivity index is 1.83. The quantitative estimate of drug-likeness (QED) is 0.208. The lowest BCUT2D eigenvalue weighted by Gasteiger charge is -2.37. The molecular formula is C33H23BrFN3O. The van der Waals surface area contributed by atoms with Crippen LogP contribution in [0.25, 0.3) is 22.2 Å². The average molecular weight is 576 g/mol. The number of hydrogen-bond donors (Lipinski definition) is 1. The maximum atomic E-state index is 14.5. The molecule has 0 saturated carbocycles. The normalized spacial score (nSPS) is 11.5. The van der Waals surface area contributed by atoms with Gasteiger partial charge in [-0.3, -0.25) is 4.79 Å². The molecule has 0 aliphatic rings. The maximum absolute atomic E-state index is 14.5. The molecule has 0 radical (unpaired) electrons. The number of aromatic nitrogens is 2. The minimum Gasteiger partial charge on any atom is -0.366 e. The molecule has 39 heavy (non-hydrogen) atoms. The van der Waals surface area contributed by atoms with E-state index in [1.807, 2.05) is 71.4 Å². The van der Waals surface area contributed by atoms with Crippen molar-refractivity contribution in [3.63, 3.8) is 0 Å². The highest BCUT2D eigenvalue weighted by molar-refractivity contribution is 9.10. The van der Waals surface area contributed by atoms with Crippen molar-refractivity contribution in [1.82, 2.24) is 9.78 Å². The summed E-state index contributed by atoms with van der Waals surface area (Å²) in [5.41, 5.74) is 10.0. The molecule has 0 bridgehead atoms. The molecule has 5 aromatic carbocycles. The Kier molecular flexibility index (Phi) is 6.33.